The summed E-state index contributed by atoms with van der Waals surface area (Å²) in [6, 6.07) is 3.62. The minimum absolute atomic E-state index is 0.0174. The van der Waals surface area contributed by atoms with E-state index in [9.17, 15) is 17.6 Å². The number of sulfone groups is 1. The normalized spacial score (nSPS) is 15.2. The average molecular weight is 350 g/mol. The van der Waals surface area contributed by atoms with Crippen molar-refractivity contribution in [1.82, 2.24) is 9.97 Å². The molecule has 126 valence electrons. The minimum Gasteiger partial charge on any atom is -0.493 e. The molecule has 6 nitrogen and oxygen atoms in total. The molecule has 0 aliphatic carbocycles. The maximum absolute atomic E-state index is 13.5. The molecular weight excluding hydrogens is 335 g/mol. The van der Waals surface area contributed by atoms with Gasteiger partial charge in [-0.05, 0) is 31.4 Å². The van der Waals surface area contributed by atoms with Gasteiger partial charge in [0.25, 0.3) is 0 Å². The fourth-order valence-corrected chi connectivity index (χ4v) is 2.98. The molecule has 1 aromatic carbocycles. The first-order valence-corrected chi connectivity index (χ1v) is 9.28. The van der Waals surface area contributed by atoms with Crippen molar-refractivity contribution in [3.8, 4) is 5.75 Å². The SMILES string of the molecule is CS(=O)(=O)c1ncc2c(n1)C(=O)c1ccc(F)cc1OCCCC2. The van der Waals surface area contributed by atoms with Gasteiger partial charge in [0, 0.05) is 24.1 Å². The number of aryl methyl sites for hydroxylation is 1. The summed E-state index contributed by atoms with van der Waals surface area (Å²) >= 11 is 0. The van der Waals surface area contributed by atoms with Gasteiger partial charge >= 0.3 is 0 Å². The predicted octanol–water partition coefficient (Wildman–Crippen LogP) is 1.97. The summed E-state index contributed by atoms with van der Waals surface area (Å²) in [4.78, 5) is 20.7. The molecule has 0 atom stereocenters. The zero-order chi connectivity index (χ0) is 17.3. The number of halogens is 1. The van der Waals surface area contributed by atoms with E-state index >= 15 is 0 Å². The van der Waals surface area contributed by atoms with E-state index < -0.39 is 26.6 Å². The molecular formula is C16H15FN2O4S. The lowest BCUT2D eigenvalue weighted by atomic mass is 10.00. The Morgan fingerprint density at radius 2 is 2.04 bits per heavy atom. The number of carbonyl (C=O) groups excluding carboxylic acids is 1. The van der Waals surface area contributed by atoms with Crippen molar-refractivity contribution < 1.29 is 22.3 Å². The number of fused-ring (bicyclic) bond motifs is 2. The molecule has 1 aliphatic heterocycles. The number of ketones is 1. The molecule has 0 saturated carbocycles. The number of carbonyl (C=O) groups is 1. The van der Waals surface area contributed by atoms with E-state index in [1.807, 2.05) is 0 Å². The molecule has 24 heavy (non-hydrogen) atoms. The Hall–Kier alpha value is -2.35. The lowest BCUT2D eigenvalue weighted by Gasteiger charge is -2.15. The van der Waals surface area contributed by atoms with Crippen LogP contribution in [0.3, 0.4) is 0 Å². The highest BCUT2D eigenvalue weighted by Crippen LogP contribution is 2.26. The quantitative estimate of drug-likeness (QED) is 0.731. The van der Waals surface area contributed by atoms with E-state index in [0.29, 0.717) is 31.4 Å². The zero-order valence-corrected chi connectivity index (χ0v) is 13.8. The molecule has 0 radical (unpaired) electrons. The Labute approximate surface area is 138 Å². The van der Waals surface area contributed by atoms with Crippen molar-refractivity contribution in [3.05, 3.63) is 47.0 Å². The molecule has 0 fully saturated rings. The lowest BCUT2D eigenvalue weighted by molar-refractivity contribution is 0.102. The molecule has 1 aromatic heterocycles. The number of nitrogens with zero attached hydrogens (tertiary/aromatic N) is 2. The predicted molar refractivity (Wildman–Crippen MR) is 83.4 cm³/mol. The smallest absolute Gasteiger partial charge is 0.247 e. The van der Waals surface area contributed by atoms with Crippen LogP contribution in [0.15, 0.2) is 29.6 Å². The third kappa shape index (κ3) is 3.28. The van der Waals surface area contributed by atoms with Gasteiger partial charge in [-0.25, -0.2) is 22.8 Å². The van der Waals surface area contributed by atoms with E-state index in [2.05, 4.69) is 9.97 Å². The van der Waals surface area contributed by atoms with Gasteiger partial charge in [-0.1, -0.05) is 0 Å². The van der Waals surface area contributed by atoms with Crippen LogP contribution < -0.4 is 4.74 Å². The van der Waals surface area contributed by atoms with Crippen molar-refractivity contribution in [2.75, 3.05) is 12.9 Å². The van der Waals surface area contributed by atoms with Gasteiger partial charge in [0.15, 0.2) is 0 Å². The van der Waals surface area contributed by atoms with Gasteiger partial charge in [-0.15, -0.1) is 0 Å². The van der Waals surface area contributed by atoms with Crippen LogP contribution in [-0.2, 0) is 16.3 Å². The van der Waals surface area contributed by atoms with E-state index in [1.54, 1.807) is 0 Å². The van der Waals surface area contributed by atoms with Crippen LogP contribution in [0.25, 0.3) is 0 Å². The molecule has 0 amide bonds. The lowest BCUT2D eigenvalue weighted by Crippen LogP contribution is -2.16. The third-order valence-corrected chi connectivity index (χ3v) is 4.54. The first-order chi connectivity index (χ1) is 11.4. The second-order valence-corrected chi connectivity index (χ2v) is 7.48. The molecule has 1 aliphatic rings. The van der Waals surface area contributed by atoms with Crippen LogP contribution in [0.4, 0.5) is 4.39 Å². The summed E-state index contributed by atoms with van der Waals surface area (Å²) in [6.45, 7) is 0.362. The van der Waals surface area contributed by atoms with Crippen LogP contribution in [-0.4, -0.2) is 37.0 Å². The first-order valence-electron chi connectivity index (χ1n) is 7.39. The Kier molecular flexibility index (Phi) is 4.31. The molecule has 0 unspecified atom stereocenters. The Bertz CT molecular complexity index is 912. The number of rotatable bonds is 1. The summed E-state index contributed by atoms with van der Waals surface area (Å²) < 4.78 is 42.3. The van der Waals surface area contributed by atoms with E-state index in [-0.39, 0.29) is 17.0 Å². The third-order valence-electron chi connectivity index (χ3n) is 3.68. The topological polar surface area (TPSA) is 86.2 Å². The summed E-state index contributed by atoms with van der Waals surface area (Å²) in [5.41, 5.74) is 0.742. The zero-order valence-electron chi connectivity index (χ0n) is 13.0. The molecule has 0 N–H and O–H groups in total. The molecule has 0 saturated heterocycles. The van der Waals surface area contributed by atoms with Gasteiger partial charge in [0.1, 0.15) is 17.3 Å². The molecule has 2 aromatic rings. The van der Waals surface area contributed by atoms with Gasteiger partial charge < -0.3 is 4.74 Å². The molecule has 0 bridgehead atoms. The largest absolute Gasteiger partial charge is 0.493 e. The van der Waals surface area contributed by atoms with Crippen LogP contribution in [0, 0.1) is 5.82 Å². The maximum Gasteiger partial charge on any atom is 0.247 e. The van der Waals surface area contributed by atoms with Gasteiger partial charge in [-0.2, -0.15) is 0 Å². The van der Waals surface area contributed by atoms with Crippen LogP contribution >= 0.6 is 0 Å². The maximum atomic E-state index is 13.5. The summed E-state index contributed by atoms with van der Waals surface area (Å²) in [7, 11) is -3.65. The molecule has 0 spiro atoms. The van der Waals surface area contributed by atoms with Crippen LogP contribution in [0.2, 0.25) is 0 Å². The fraction of sp³-hybridized carbons (Fsp3) is 0.312. The number of hydrogen-bond acceptors (Lipinski definition) is 6. The average Bonchev–Trinajstić information content (AvgIpc) is 2.53. The van der Waals surface area contributed by atoms with Crippen LogP contribution in [0.5, 0.6) is 5.75 Å². The highest BCUT2D eigenvalue weighted by Gasteiger charge is 2.24. The number of benzene rings is 1. The van der Waals surface area contributed by atoms with Gasteiger partial charge in [0.05, 0.1) is 12.2 Å². The Balaban J connectivity index is 2.19. The van der Waals surface area contributed by atoms with E-state index in [0.717, 1.165) is 18.4 Å². The first kappa shape index (κ1) is 16.5. The van der Waals surface area contributed by atoms with E-state index in [1.165, 1.54) is 12.3 Å². The standard InChI is InChI=1S/C16H15FN2O4S/c1-24(21,22)16-18-9-10-4-2-3-7-23-13-8-11(17)5-6-12(13)15(20)14(10)19-16/h5-6,8-9H,2-4,7H2,1H3. The minimum atomic E-state index is -3.65. The monoisotopic (exact) mass is 350 g/mol. The van der Waals surface area contributed by atoms with Crippen LogP contribution in [0.1, 0.15) is 34.5 Å². The Morgan fingerprint density at radius 3 is 2.79 bits per heavy atom. The van der Waals surface area contributed by atoms with Crippen molar-refractivity contribution in [2.24, 2.45) is 0 Å². The summed E-state index contributed by atoms with van der Waals surface area (Å²) in [5.74, 6) is -0.889. The van der Waals surface area contributed by atoms with Crippen molar-refractivity contribution in [1.29, 1.82) is 0 Å². The van der Waals surface area contributed by atoms with Crippen molar-refractivity contribution in [3.63, 3.8) is 0 Å². The highest BCUT2D eigenvalue weighted by molar-refractivity contribution is 7.90. The number of ether oxygens (including phenoxy) is 1. The molecule has 8 heteroatoms. The Morgan fingerprint density at radius 1 is 1.25 bits per heavy atom. The number of hydrogen-bond donors (Lipinski definition) is 0. The van der Waals surface area contributed by atoms with Crippen molar-refractivity contribution >= 4 is 15.6 Å². The summed E-state index contributed by atoms with van der Waals surface area (Å²) in [5, 5.41) is -0.406. The fourth-order valence-electron chi connectivity index (χ4n) is 2.48. The molecule has 2 heterocycles. The van der Waals surface area contributed by atoms with Gasteiger partial charge in [0.2, 0.25) is 20.8 Å². The second kappa shape index (κ2) is 6.27. The molecule has 3 rings (SSSR count). The van der Waals surface area contributed by atoms with Gasteiger partial charge in [-0.3, -0.25) is 4.79 Å². The second-order valence-electron chi connectivity index (χ2n) is 5.57. The summed E-state index contributed by atoms with van der Waals surface area (Å²) in [6.07, 6.45) is 4.31. The van der Waals surface area contributed by atoms with Crippen molar-refractivity contribution in [2.45, 2.75) is 24.4 Å². The van der Waals surface area contributed by atoms with E-state index in [4.69, 9.17) is 4.74 Å². The highest BCUT2D eigenvalue weighted by atomic mass is 32.2. The number of aromatic nitrogens is 2.